The highest BCUT2D eigenvalue weighted by molar-refractivity contribution is 5.85. The summed E-state index contributed by atoms with van der Waals surface area (Å²) in [5.41, 5.74) is 1.13. The lowest BCUT2D eigenvalue weighted by Crippen LogP contribution is -2.17. The van der Waals surface area contributed by atoms with E-state index in [0.29, 0.717) is 26.1 Å². The third-order valence-corrected chi connectivity index (χ3v) is 2.94. The second kappa shape index (κ2) is 6.47. The zero-order chi connectivity index (χ0) is 12.8. The van der Waals surface area contributed by atoms with Crippen LogP contribution in [-0.2, 0) is 20.9 Å². The minimum absolute atomic E-state index is 0.105. The van der Waals surface area contributed by atoms with E-state index >= 15 is 0 Å². The number of hydrogen-bond acceptors (Lipinski definition) is 3. The molecule has 0 amide bonds. The van der Waals surface area contributed by atoms with Crippen molar-refractivity contribution in [3.63, 3.8) is 0 Å². The van der Waals surface area contributed by atoms with Crippen LogP contribution in [0, 0.1) is 0 Å². The lowest BCUT2D eigenvalue weighted by Gasteiger charge is -2.11. The van der Waals surface area contributed by atoms with Crippen molar-refractivity contribution in [2.45, 2.75) is 31.7 Å². The van der Waals surface area contributed by atoms with E-state index in [-0.39, 0.29) is 18.0 Å². The molecule has 96 valence electrons. The number of carbonyl (C=O) groups excluding carboxylic acids is 1. The zero-order valence-electron chi connectivity index (χ0n) is 10.4. The standard InChI is InChI=1S/C15H18O3/c1-2-6-15-14(16)9-13(18-15)11-17-10-12-7-4-3-5-8-12/h2-5,7-8,13,15H,1,6,9-11H2/t13-,15+/m1/s1. The first-order valence-corrected chi connectivity index (χ1v) is 6.20. The highest BCUT2D eigenvalue weighted by Crippen LogP contribution is 2.19. The fourth-order valence-electron chi connectivity index (χ4n) is 2.03. The Morgan fingerprint density at radius 3 is 2.89 bits per heavy atom. The third-order valence-electron chi connectivity index (χ3n) is 2.94. The van der Waals surface area contributed by atoms with Gasteiger partial charge in [0.25, 0.3) is 0 Å². The molecule has 0 radical (unpaired) electrons. The first-order chi connectivity index (χ1) is 8.79. The molecule has 3 heteroatoms. The van der Waals surface area contributed by atoms with Gasteiger partial charge in [0, 0.05) is 6.42 Å². The lowest BCUT2D eigenvalue weighted by molar-refractivity contribution is -0.122. The van der Waals surface area contributed by atoms with E-state index in [4.69, 9.17) is 9.47 Å². The predicted octanol–water partition coefficient (Wildman–Crippen LogP) is 2.51. The molecular formula is C15H18O3. The maximum atomic E-state index is 11.6. The Labute approximate surface area is 107 Å². The summed E-state index contributed by atoms with van der Waals surface area (Å²) in [6.07, 6.45) is 2.34. The number of benzene rings is 1. The molecule has 1 fully saturated rings. The van der Waals surface area contributed by atoms with Crippen molar-refractivity contribution in [1.82, 2.24) is 0 Å². The van der Waals surface area contributed by atoms with Gasteiger partial charge in [-0.1, -0.05) is 36.4 Å². The molecule has 0 spiro atoms. The van der Waals surface area contributed by atoms with Crippen molar-refractivity contribution in [1.29, 1.82) is 0 Å². The molecule has 2 atom stereocenters. The van der Waals surface area contributed by atoms with Gasteiger partial charge in [0.2, 0.25) is 0 Å². The van der Waals surface area contributed by atoms with Crippen LogP contribution in [0.4, 0.5) is 0 Å². The summed E-state index contributed by atoms with van der Waals surface area (Å²) >= 11 is 0. The molecule has 3 nitrogen and oxygen atoms in total. The van der Waals surface area contributed by atoms with E-state index in [1.165, 1.54) is 0 Å². The van der Waals surface area contributed by atoms with Gasteiger partial charge in [0.15, 0.2) is 5.78 Å². The summed E-state index contributed by atoms with van der Waals surface area (Å²) in [4.78, 5) is 11.6. The van der Waals surface area contributed by atoms with Crippen LogP contribution < -0.4 is 0 Å². The molecule has 0 unspecified atom stereocenters. The van der Waals surface area contributed by atoms with E-state index in [1.54, 1.807) is 6.08 Å². The topological polar surface area (TPSA) is 35.5 Å². The van der Waals surface area contributed by atoms with Crippen molar-refractivity contribution in [3.8, 4) is 0 Å². The Balaban J connectivity index is 1.72. The van der Waals surface area contributed by atoms with Crippen molar-refractivity contribution in [2.75, 3.05) is 6.61 Å². The zero-order valence-corrected chi connectivity index (χ0v) is 10.4. The predicted molar refractivity (Wildman–Crippen MR) is 69.2 cm³/mol. The molecule has 1 saturated heterocycles. The number of ketones is 1. The Hall–Kier alpha value is -1.45. The Morgan fingerprint density at radius 2 is 2.17 bits per heavy atom. The van der Waals surface area contributed by atoms with Gasteiger partial charge >= 0.3 is 0 Å². The summed E-state index contributed by atoms with van der Waals surface area (Å²) in [5.74, 6) is 0.156. The molecule has 0 aliphatic carbocycles. The van der Waals surface area contributed by atoms with Gasteiger partial charge < -0.3 is 9.47 Å². The molecule has 2 rings (SSSR count). The van der Waals surface area contributed by atoms with E-state index in [2.05, 4.69) is 6.58 Å². The number of rotatable bonds is 6. The van der Waals surface area contributed by atoms with Crippen molar-refractivity contribution >= 4 is 5.78 Å². The van der Waals surface area contributed by atoms with Crippen LogP contribution in [0.1, 0.15) is 18.4 Å². The van der Waals surface area contributed by atoms with Gasteiger partial charge in [0.05, 0.1) is 19.3 Å². The van der Waals surface area contributed by atoms with Crippen LogP contribution in [0.5, 0.6) is 0 Å². The summed E-state index contributed by atoms with van der Waals surface area (Å²) in [7, 11) is 0. The quantitative estimate of drug-likeness (QED) is 0.723. The normalized spacial score (nSPS) is 23.2. The van der Waals surface area contributed by atoms with E-state index in [0.717, 1.165) is 5.56 Å². The first kappa shape index (κ1) is 13.0. The molecule has 1 heterocycles. The molecule has 0 bridgehead atoms. The van der Waals surface area contributed by atoms with Crippen LogP contribution in [0.15, 0.2) is 43.0 Å². The SMILES string of the molecule is C=CC[C@@H]1O[C@@H](COCc2ccccc2)CC1=O. The number of carbonyl (C=O) groups is 1. The van der Waals surface area contributed by atoms with Gasteiger partial charge in [-0.05, 0) is 12.0 Å². The van der Waals surface area contributed by atoms with Crippen LogP contribution in [0.2, 0.25) is 0 Å². The minimum atomic E-state index is -0.312. The molecule has 1 aliphatic rings. The molecule has 0 saturated carbocycles. The van der Waals surface area contributed by atoms with Gasteiger partial charge in [0.1, 0.15) is 6.10 Å². The Kier molecular flexibility index (Phi) is 4.67. The van der Waals surface area contributed by atoms with Crippen molar-refractivity contribution in [2.24, 2.45) is 0 Å². The molecule has 0 aromatic heterocycles. The minimum Gasteiger partial charge on any atom is -0.374 e. The monoisotopic (exact) mass is 246 g/mol. The Morgan fingerprint density at radius 1 is 1.39 bits per heavy atom. The van der Waals surface area contributed by atoms with Crippen molar-refractivity contribution < 1.29 is 14.3 Å². The maximum absolute atomic E-state index is 11.6. The van der Waals surface area contributed by atoms with Gasteiger partial charge in [-0.15, -0.1) is 6.58 Å². The number of ether oxygens (including phenoxy) is 2. The van der Waals surface area contributed by atoms with Gasteiger partial charge in [-0.25, -0.2) is 0 Å². The second-order valence-corrected chi connectivity index (χ2v) is 4.44. The average molecular weight is 246 g/mol. The first-order valence-electron chi connectivity index (χ1n) is 6.20. The summed E-state index contributed by atoms with van der Waals surface area (Å²) < 4.78 is 11.2. The molecule has 0 N–H and O–H groups in total. The smallest absolute Gasteiger partial charge is 0.164 e. The van der Waals surface area contributed by atoms with Gasteiger partial charge in [-0.3, -0.25) is 4.79 Å². The highest BCUT2D eigenvalue weighted by Gasteiger charge is 2.32. The molecule has 1 aliphatic heterocycles. The molecule has 1 aromatic carbocycles. The summed E-state index contributed by atoms with van der Waals surface area (Å²) in [5, 5.41) is 0. The molecule has 18 heavy (non-hydrogen) atoms. The molecule has 1 aromatic rings. The molecular weight excluding hydrogens is 228 g/mol. The van der Waals surface area contributed by atoms with Gasteiger partial charge in [-0.2, -0.15) is 0 Å². The average Bonchev–Trinajstić information content (AvgIpc) is 2.72. The lowest BCUT2D eigenvalue weighted by atomic mass is 10.1. The number of hydrogen-bond donors (Lipinski definition) is 0. The maximum Gasteiger partial charge on any atom is 0.164 e. The van der Waals surface area contributed by atoms with E-state index in [1.807, 2.05) is 30.3 Å². The largest absolute Gasteiger partial charge is 0.374 e. The third kappa shape index (κ3) is 3.52. The Bertz CT molecular complexity index is 399. The summed E-state index contributed by atoms with van der Waals surface area (Å²) in [6, 6.07) is 9.97. The van der Waals surface area contributed by atoms with E-state index < -0.39 is 0 Å². The van der Waals surface area contributed by atoms with Crippen LogP contribution >= 0.6 is 0 Å². The van der Waals surface area contributed by atoms with Crippen molar-refractivity contribution in [3.05, 3.63) is 48.6 Å². The van der Waals surface area contributed by atoms with Crippen LogP contribution in [0.25, 0.3) is 0 Å². The number of Topliss-reactive ketones (excluding diaryl/α,β-unsaturated/α-hetero) is 1. The van der Waals surface area contributed by atoms with Crippen LogP contribution in [0.3, 0.4) is 0 Å². The fraction of sp³-hybridized carbons (Fsp3) is 0.400. The summed E-state index contributed by atoms with van der Waals surface area (Å²) in [6.45, 7) is 4.65. The second-order valence-electron chi connectivity index (χ2n) is 4.44. The fourth-order valence-corrected chi connectivity index (χ4v) is 2.03. The van der Waals surface area contributed by atoms with E-state index in [9.17, 15) is 4.79 Å². The van der Waals surface area contributed by atoms with Crippen LogP contribution in [-0.4, -0.2) is 24.6 Å². The highest BCUT2D eigenvalue weighted by atomic mass is 16.5.